The summed E-state index contributed by atoms with van der Waals surface area (Å²) in [6.45, 7) is 4.13. The molecule has 0 aliphatic carbocycles. The number of hydrogen-bond donors (Lipinski definition) is 1. The van der Waals surface area contributed by atoms with Gasteiger partial charge in [-0.3, -0.25) is 4.79 Å². The molecule has 1 amide bonds. The van der Waals surface area contributed by atoms with E-state index in [1.54, 1.807) is 0 Å². The van der Waals surface area contributed by atoms with Gasteiger partial charge in [0.15, 0.2) is 0 Å². The van der Waals surface area contributed by atoms with Crippen molar-refractivity contribution >= 4 is 11.6 Å². The Hall–Kier alpha value is -2.09. The predicted octanol–water partition coefficient (Wildman–Crippen LogP) is 3.64. The first-order valence-corrected chi connectivity index (χ1v) is 6.66. The molecule has 1 aliphatic rings. The van der Waals surface area contributed by atoms with Crippen LogP contribution in [0.25, 0.3) is 0 Å². The lowest BCUT2D eigenvalue weighted by atomic mass is 9.73. The van der Waals surface area contributed by atoms with Crippen LogP contribution in [0.4, 0.5) is 5.69 Å². The number of carbonyl (C=O) groups excluding carboxylic acids is 1. The number of nitrogens with one attached hydrogen (secondary N) is 1. The molecule has 96 valence electrons. The Morgan fingerprint density at radius 2 is 1.74 bits per heavy atom. The van der Waals surface area contributed by atoms with Gasteiger partial charge in [0.2, 0.25) is 5.91 Å². The maximum Gasteiger partial charge on any atom is 0.239 e. The monoisotopic (exact) mass is 251 g/mol. The number of amides is 1. The second-order valence-electron chi connectivity index (χ2n) is 5.12. The van der Waals surface area contributed by atoms with Gasteiger partial charge in [-0.2, -0.15) is 0 Å². The summed E-state index contributed by atoms with van der Waals surface area (Å²) in [5.74, 6) is 0.0834. The van der Waals surface area contributed by atoms with Crippen molar-refractivity contribution in [2.45, 2.75) is 25.7 Å². The first-order chi connectivity index (χ1) is 9.18. The van der Waals surface area contributed by atoms with Crippen molar-refractivity contribution in [2.24, 2.45) is 0 Å². The van der Waals surface area contributed by atoms with Crippen molar-refractivity contribution in [1.82, 2.24) is 0 Å². The third-order valence-electron chi connectivity index (χ3n) is 4.10. The largest absolute Gasteiger partial charge is 0.325 e. The quantitative estimate of drug-likeness (QED) is 0.867. The molecule has 0 saturated carbocycles. The van der Waals surface area contributed by atoms with Crippen LogP contribution in [0.3, 0.4) is 0 Å². The van der Waals surface area contributed by atoms with E-state index in [1.165, 1.54) is 5.56 Å². The number of anilines is 1. The molecule has 2 nitrogen and oxygen atoms in total. The van der Waals surface area contributed by atoms with E-state index < -0.39 is 5.41 Å². The van der Waals surface area contributed by atoms with Crippen LogP contribution in [0.1, 0.15) is 30.0 Å². The highest BCUT2D eigenvalue weighted by molar-refractivity contribution is 6.08. The van der Waals surface area contributed by atoms with Gasteiger partial charge in [0.25, 0.3) is 0 Å². The summed E-state index contributed by atoms with van der Waals surface area (Å²) in [5, 5.41) is 3.01. The van der Waals surface area contributed by atoms with Crippen LogP contribution >= 0.6 is 0 Å². The third kappa shape index (κ3) is 1.60. The SMILES string of the molecule is CC[C@@]1(c2ccc(C)cc2)C(=O)Nc2ccccc21. The lowest BCUT2D eigenvalue weighted by Crippen LogP contribution is -2.34. The molecule has 1 atom stereocenters. The van der Waals surface area contributed by atoms with Gasteiger partial charge in [0.05, 0.1) is 0 Å². The molecule has 1 aliphatic heterocycles. The number of fused-ring (bicyclic) bond motifs is 1. The van der Waals surface area contributed by atoms with Gasteiger partial charge in [-0.25, -0.2) is 0 Å². The smallest absolute Gasteiger partial charge is 0.239 e. The highest BCUT2D eigenvalue weighted by atomic mass is 16.2. The summed E-state index contributed by atoms with van der Waals surface area (Å²) in [4.78, 5) is 12.6. The fourth-order valence-corrected chi connectivity index (χ4v) is 3.00. The number of aryl methyl sites for hydroxylation is 1. The Morgan fingerprint density at radius 1 is 1.05 bits per heavy atom. The predicted molar refractivity (Wildman–Crippen MR) is 77.3 cm³/mol. The summed E-state index contributed by atoms with van der Waals surface area (Å²) in [6, 6.07) is 16.3. The van der Waals surface area contributed by atoms with Crippen molar-refractivity contribution in [2.75, 3.05) is 5.32 Å². The Morgan fingerprint density at radius 3 is 2.42 bits per heavy atom. The van der Waals surface area contributed by atoms with Crippen molar-refractivity contribution in [3.63, 3.8) is 0 Å². The van der Waals surface area contributed by atoms with Crippen molar-refractivity contribution in [3.05, 3.63) is 65.2 Å². The molecule has 2 heteroatoms. The molecule has 2 aromatic rings. The molecule has 0 radical (unpaired) electrons. The number of rotatable bonds is 2. The Kier molecular flexibility index (Phi) is 2.67. The van der Waals surface area contributed by atoms with E-state index in [1.807, 2.05) is 18.2 Å². The average molecular weight is 251 g/mol. The van der Waals surface area contributed by atoms with Crippen LogP contribution < -0.4 is 5.32 Å². The zero-order valence-corrected chi connectivity index (χ0v) is 11.2. The van der Waals surface area contributed by atoms with E-state index >= 15 is 0 Å². The molecular formula is C17H17NO. The maximum absolute atomic E-state index is 12.6. The Labute approximate surface area is 113 Å². The molecule has 1 N–H and O–H groups in total. The summed E-state index contributed by atoms with van der Waals surface area (Å²) < 4.78 is 0. The average Bonchev–Trinajstić information content (AvgIpc) is 2.72. The molecule has 0 bridgehead atoms. The Balaban J connectivity index is 2.24. The molecule has 0 fully saturated rings. The number of para-hydroxylation sites is 1. The lowest BCUT2D eigenvalue weighted by Gasteiger charge is -2.26. The molecule has 0 spiro atoms. The third-order valence-corrected chi connectivity index (χ3v) is 4.10. The number of carbonyl (C=O) groups is 1. The molecule has 19 heavy (non-hydrogen) atoms. The lowest BCUT2D eigenvalue weighted by molar-refractivity contribution is -0.119. The summed E-state index contributed by atoms with van der Waals surface area (Å²) in [5.41, 5.74) is 3.77. The standard InChI is InChI=1S/C17H17NO/c1-3-17(13-10-8-12(2)9-11-13)14-6-4-5-7-15(14)18-16(17)19/h4-11H,3H2,1-2H3,(H,18,19)/t17-/m0/s1. The van der Waals surface area contributed by atoms with Crippen molar-refractivity contribution in [3.8, 4) is 0 Å². The highest BCUT2D eigenvalue weighted by Crippen LogP contribution is 2.44. The second-order valence-corrected chi connectivity index (χ2v) is 5.12. The molecule has 3 rings (SSSR count). The maximum atomic E-state index is 12.6. The van der Waals surface area contributed by atoms with Crippen molar-refractivity contribution < 1.29 is 4.79 Å². The van der Waals surface area contributed by atoms with E-state index in [4.69, 9.17) is 0 Å². The molecule has 1 heterocycles. The Bertz CT molecular complexity index is 630. The van der Waals surface area contributed by atoms with Gasteiger partial charge in [0, 0.05) is 5.69 Å². The first kappa shape index (κ1) is 12.0. The van der Waals surface area contributed by atoms with Gasteiger partial charge in [-0.1, -0.05) is 55.0 Å². The van der Waals surface area contributed by atoms with Gasteiger partial charge in [-0.15, -0.1) is 0 Å². The highest BCUT2D eigenvalue weighted by Gasteiger charge is 2.46. The molecule has 2 aromatic carbocycles. The number of benzene rings is 2. The van der Waals surface area contributed by atoms with Crippen LogP contribution in [0, 0.1) is 6.92 Å². The van der Waals surface area contributed by atoms with Gasteiger partial charge in [-0.05, 0) is 30.5 Å². The van der Waals surface area contributed by atoms with E-state index in [-0.39, 0.29) is 5.91 Å². The van der Waals surface area contributed by atoms with Crippen LogP contribution in [0.5, 0.6) is 0 Å². The van der Waals surface area contributed by atoms with Gasteiger partial charge in [0.1, 0.15) is 5.41 Å². The zero-order chi connectivity index (χ0) is 13.5. The minimum atomic E-state index is -0.537. The molecule has 0 saturated heterocycles. The summed E-state index contributed by atoms with van der Waals surface area (Å²) in [6.07, 6.45) is 0.763. The second kappa shape index (κ2) is 4.23. The minimum absolute atomic E-state index is 0.0834. The van der Waals surface area contributed by atoms with Crippen LogP contribution in [0.15, 0.2) is 48.5 Å². The van der Waals surface area contributed by atoms with Crippen LogP contribution in [-0.2, 0) is 10.2 Å². The van der Waals surface area contributed by atoms with Gasteiger partial charge >= 0.3 is 0 Å². The van der Waals surface area contributed by atoms with Crippen LogP contribution in [0.2, 0.25) is 0 Å². The topological polar surface area (TPSA) is 29.1 Å². The van der Waals surface area contributed by atoms with E-state index in [2.05, 4.69) is 49.5 Å². The fourth-order valence-electron chi connectivity index (χ4n) is 3.00. The minimum Gasteiger partial charge on any atom is -0.325 e. The molecular weight excluding hydrogens is 234 g/mol. The fraction of sp³-hybridized carbons (Fsp3) is 0.235. The normalized spacial score (nSPS) is 21.1. The zero-order valence-electron chi connectivity index (χ0n) is 11.2. The first-order valence-electron chi connectivity index (χ1n) is 6.66. The van der Waals surface area contributed by atoms with E-state index in [9.17, 15) is 4.79 Å². The summed E-state index contributed by atoms with van der Waals surface area (Å²) >= 11 is 0. The van der Waals surface area contributed by atoms with Gasteiger partial charge < -0.3 is 5.32 Å². The number of hydrogen-bond acceptors (Lipinski definition) is 1. The van der Waals surface area contributed by atoms with Crippen LogP contribution in [-0.4, -0.2) is 5.91 Å². The van der Waals surface area contributed by atoms with E-state index in [0.717, 1.165) is 23.2 Å². The summed E-state index contributed by atoms with van der Waals surface area (Å²) in [7, 11) is 0. The molecule has 0 unspecified atom stereocenters. The van der Waals surface area contributed by atoms with Crippen molar-refractivity contribution in [1.29, 1.82) is 0 Å². The van der Waals surface area contributed by atoms with E-state index in [0.29, 0.717) is 0 Å². The molecule has 0 aromatic heterocycles.